The Morgan fingerprint density at radius 2 is 1.48 bits per heavy atom. The summed E-state index contributed by atoms with van der Waals surface area (Å²) in [5.74, 6) is 0.864. The highest BCUT2D eigenvalue weighted by atomic mass is 35.5. The van der Waals surface area contributed by atoms with E-state index >= 15 is 0 Å². The summed E-state index contributed by atoms with van der Waals surface area (Å²) in [6.45, 7) is 7.89. The van der Waals surface area contributed by atoms with Gasteiger partial charge in [0, 0.05) is 12.1 Å². The maximum absolute atomic E-state index is 13.0. The zero-order valence-corrected chi connectivity index (χ0v) is 23.3. The lowest BCUT2D eigenvalue weighted by Crippen LogP contribution is -2.30. The van der Waals surface area contributed by atoms with Gasteiger partial charge in [0.25, 0.3) is 5.91 Å². The normalized spacial score (nSPS) is 13.8. The van der Waals surface area contributed by atoms with Crippen molar-refractivity contribution in [3.63, 3.8) is 0 Å². The molecule has 3 aromatic rings. The van der Waals surface area contributed by atoms with Crippen LogP contribution in [0.5, 0.6) is 17.2 Å². The van der Waals surface area contributed by atoms with Crippen molar-refractivity contribution in [2.24, 2.45) is 5.73 Å². The predicted molar refractivity (Wildman–Crippen MR) is 157 cm³/mol. The predicted octanol–water partition coefficient (Wildman–Crippen LogP) is 5.21. The molecule has 0 atom stereocenters. The summed E-state index contributed by atoms with van der Waals surface area (Å²) in [5, 5.41) is 2.64. The number of anilines is 1. The molecule has 0 spiro atoms. The van der Waals surface area contributed by atoms with Gasteiger partial charge >= 0.3 is 6.03 Å². The Balaban J connectivity index is 0.00000441. The van der Waals surface area contributed by atoms with E-state index in [-0.39, 0.29) is 18.1 Å². The highest BCUT2D eigenvalue weighted by Gasteiger charge is 2.34. The van der Waals surface area contributed by atoms with E-state index in [0.29, 0.717) is 40.7 Å². The number of benzene rings is 3. The quantitative estimate of drug-likeness (QED) is 0.177. The first kappa shape index (κ1) is 30.2. The number of halogens is 1. The Labute approximate surface area is 240 Å². The number of nitrogens with one attached hydrogen (secondary N) is 1. The third-order valence-electron chi connectivity index (χ3n) is 6.32. The number of ether oxygens (including phenoxy) is 2. The van der Waals surface area contributed by atoms with Crippen molar-refractivity contribution in [2.45, 2.75) is 20.3 Å². The molecule has 0 bridgehead atoms. The van der Waals surface area contributed by atoms with Crippen molar-refractivity contribution < 1.29 is 23.9 Å². The molecule has 3 aromatic carbocycles. The smallest absolute Gasteiger partial charge is 0.333 e. The molecule has 0 radical (unpaired) electrons. The Morgan fingerprint density at radius 1 is 0.900 bits per heavy atom. The lowest BCUT2D eigenvalue weighted by molar-refractivity contribution is -0.113. The summed E-state index contributed by atoms with van der Waals surface area (Å²) in [7, 11) is 0. The highest BCUT2D eigenvalue weighted by molar-refractivity contribution is 6.28. The van der Waals surface area contributed by atoms with Crippen LogP contribution in [0.15, 0.2) is 78.5 Å². The standard InChI is InChI=1S/C30H32N4O5.ClH/c1-3-33(4-2)18-5-19-38-24-16-10-23(11-17-24)34-29(36)27(32-30(34)37)20-21-6-12-25(13-7-21)39-26-14-8-22(9-15-26)28(31)35;/h6-17,20H,3-5,18-19H2,1-2H3,(H2,31,35)(H,32,37);1H. The number of nitrogens with two attached hydrogens (primary N) is 1. The van der Waals surface area contributed by atoms with E-state index < -0.39 is 17.8 Å². The molecule has 4 amide bonds. The van der Waals surface area contributed by atoms with Gasteiger partial charge in [-0.15, -0.1) is 12.4 Å². The second-order valence-electron chi connectivity index (χ2n) is 8.91. The summed E-state index contributed by atoms with van der Waals surface area (Å²) >= 11 is 0. The molecule has 0 aromatic heterocycles. The number of rotatable bonds is 12. The topological polar surface area (TPSA) is 114 Å². The first-order valence-electron chi connectivity index (χ1n) is 12.9. The van der Waals surface area contributed by atoms with Crippen molar-refractivity contribution in [3.8, 4) is 17.2 Å². The number of imide groups is 1. The van der Waals surface area contributed by atoms with Crippen LogP contribution in [-0.2, 0) is 4.79 Å². The van der Waals surface area contributed by atoms with Crippen molar-refractivity contribution in [1.29, 1.82) is 0 Å². The molecule has 3 N–H and O–H groups in total. The monoisotopic (exact) mass is 564 g/mol. The van der Waals surface area contributed by atoms with Crippen LogP contribution in [0.4, 0.5) is 10.5 Å². The number of carbonyl (C=O) groups is 3. The lowest BCUT2D eigenvalue weighted by atomic mass is 10.1. The Kier molecular flexibility index (Phi) is 10.7. The van der Waals surface area contributed by atoms with Crippen LogP contribution in [-0.4, -0.2) is 49.0 Å². The SMILES string of the molecule is CCN(CC)CCCOc1ccc(N2C(=O)NC(=Cc3ccc(Oc4ccc(C(N)=O)cc4)cc3)C2=O)cc1.Cl. The van der Waals surface area contributed by atoms with E-state index in [1.807, 2.05) is 0 Å². The van der Waals surface area contributed by atoms with E-state index in [1.165, 1.54) is 0 Å². The van der Waals surface area contributed by atoms with Crippen molar-refractivity contribution in [2.75, 3.05) is 31.1 Å². The van der Waals surface area contributed by atoms with E-state index in [4.69, 9.17) is 15.2 Å². The molecule has 1 fully saturated rings. The van der Waals surface area contributed by atoms with Crippen LogP contribution in [0.3, 0.4) is 0 Å². The fraction of sp³-hybridized carbons (Fsp3) is 0.233. The lowest BCUT2D eigenvalue weighted by Gasteiger charge is -2.18. The van der Waals surface area contributed by atoms with Crippen molar-refractivity contribution >= 4 is 42.0 Å². The number of hydrogen-bond donors (Lipinski definition) is 2. The third kappa shape index (κ3) is 7.62. The Bertz CT molecular complexity index is 1340. The number of urea groups is 1. The van der Waals surface area contributed by atoms with Crippen LogP contribution >= 0.6 is 12.4 Å². The van der Waals surface area contributed by atoms with Gasteiger partial charge in [0.2, 0.25) is 5.91 Å². The third-order valence-corrected chi connectivity index (χ3v) is 6.32. The zero-order chi connectivity index (χ0) is 27.8. The average Bonchev–Trinajstić information content (AvgIpc) is 3.22. The number of nitrogens with zero attached hydrogens (tertiary/aromatic N) is 2. The van der Waals surface area contributed by atoms with Gasteiger partial charge in [-0.1, -0.05) is 26.0 Å². The largest absolute Gasteiger partial charge is 0.494 e. The van der Waals surface area contributed by atoms with Gasteiger partial charge in [-0.25, -0.2) is 9.69 Å². The molecule has 1 heterocycles. The van der Waals surface area contributed by atoms with E-state index in [2.05, 4.69) is 24.1 Å². The number of carbonyl (C=O) groups excluding carboxylic acids is 3. The number of hydrogen-bond acceptors (Lipinski definition) is 6. The van der Waals surface area contributed by atoms with E-state index in [0.717, 1.165) is 31.0 Å². The zero-order valence-electron chi connectivity index (χ0n) is 22.5. The minimum absolute atomic E-state index is 0. The van der Waals surface area contributed by atoms with Gasteiger partial charge in [0.05, 0.1) is 12.3 Å². The summed E-state index contributed by atoms with van der Waals surface area (Å²) in [4.78, 5) is 40.2. The minimum Gasteiger partial charge on any atom is -0.494 e. The first-order valence-corrected chi connectivity index (χ1v) is 12.9. The Hall–Kier alpha value is -4.34. The summed E-state index contributed by atoms with van der Waals surface area (Å²) < 4.78 is 11.6. The van der Waals surface area contributed by atoms with E-state index in [9.17, 15) is 14.4 Å². The molecule has 0 aliphatic carbocycles. The second-order valence-corrected chi connectivity index (χ2v) is 8.91. The molecule has 10 heteroatoms. The Morgan fingerprint density at radius 3 is 2.05 bits per heavy atom. The van der Waals surface area contributed by atoms with Crippen LogP contribution in [0.1, 0.15) is 36.2 Å². The van der Waals surface area contributed by atoms with Gasteiger partial charge in [-0.3, -0.25) is 9.59 Å². The molecule has 1 aliphatic heterocycles. The van der Waals surface area contributed by atoms with Crippen LogP contribution in [0.2, 0.25) is 0 Å². The van der Waals surface area contributed by atoms with E-state index in [1.54, 1.807) is 78.9 Å². The molecule has 0 saturated carbocycles. The summed E-state index contributed by atoms with van der Waals surface area (Å²) in [6, 6.07) is 19.9. The van der Waals surface area contributed by atoms with Crippen LogP contribution in [0, 0.1) is 0 Å². The fourth-order valence-corrected chi connectivity index (χ4v) is 4.10. The van der Waals surface area contributed by atoms with Gasteiger partial charge in [0.15, 0.2) is 0 Å². The van der Waals surface area contributed by atoms with Crippen molar-refractivity contribution in [3.05, 3.63) is 89.6 Å². The molecule has 210 valence electrons. The molecular weight excluding hydrogens is 532 g/mol. The molecule has 1 aliphatic rings. The van der Waals surface area contributed by atoms with Crippen LogP contribution in [0.25, 0.3) is 6.08 Å². The van der Waals surface area contributed by atoms with Gasteiger partial charge < -0.3 is 25.4 Å². The summed E-state index contributed by atoms with van der Waals surface area (Å²) in [5.41, 5.74) is 7.00. The number of amides is 4. The fourth-order valence-electron chi connectivity index (χ4n) is 4.10. The van der Waals surface area contributed by atoms with Crippen molar-refractivity contribution in [1.82, 2.24) is 10.2 Å². The van der Waals surface area contributed by atoms with Gasteiger partial charge in [-0.05, 0) is 91.8 Å². The average molecular weight is 565 g/mol. The number of primary amides is 1. The van der Waals surface area contributed by atoms with Gasteiger partial charge in [0.1, 0.15) is 22.9 Å². The highest BCUT2D eigenvalue weighted by Crippen LogP contribution is 2.26. The summed E-state index contributed by atoms with van der Waals surface area (Å²) in [6.07, 6.45) is 2.53. The molecule has 1 saturated heterocycles. The maximum atomic E-state index is 13.0. The van der Waals surface area contributed by atoms with Crippen LogP contribution < -0.4 is 25.4 Å². The van der Waals surface area contributed by atoms with Gasteiger partial charge in [-0.2, -0.15) is 0 Å². The second kappa shape index (κ2) is 14.2. The first-order chi connectivity index (χ1) is 18.9. The molecule has 4 rings (SSSR count). The minimum atomic E-state index is -0.515. The molecular formula is C30H33ClN4O5. The molecule has 40 heavy (non-hydrogen) atoms. The molecule has 0 unspecified atom stereocenters. The molecule has 9 nitrogen and oxygen atoms in total. The maximum Gasteiger partial charge on any atom is 0.333 e.